The van der Waals surface area contributed by atoms with Crippen molar-refractivity contribution in [2.75, 3.05) is 17.7 Å². The lowest BCUT2D eigenvalue weighted by Gasteiger charge is -2.05. The second-order valence-electron chi connectivity index (χ2n) is 4.01. The van der Waals surface area contributed by atoms with Crippen LogP contribution in [0.25, 0.3) is 0 Å². The average molecular weight is 282 g/mol. The van der Waals surface area contributed by atoms with Crippen LogP contribution in [-0.2, 0) is 9.53 Å². The summed E-state index contributed by atoms with van der Waals surface area (Å²) in [4.78, 5) is 15.7. The van der Waals surface area contributed by atoms with Crippen LogP contribution in [-0.4, -0.2) is 29.5 Å². The fraction of sp³-hybridized carbons (Fsp3) is 0.385. The Kier molecular flexibility index (Phi) is 4.79. The van der Waals surface area contributed by atoms with Crippen LogP contribution in [0.5, 0.6) is 0 Å². The minimum absolute atomic E-state index is 0.0988. The average Bonchev–Trinajstić information content (AvgIpc) is 2.80. The number of benzene rings is 1. The molecule has 4 nitrogen and oxygen atoms in total. The number of halogens is 1. The fourth-order valence-electron chi connectivity index (χ4n) is 1.68. The molecule has 0 spiro atoms. The molecule has 1 heterocycles. The van der Waals surface area contributed by atoms with Gasteiger partial charge in [-0.15, -0.1) is 0 Å². The van der Waals surface area contributed by atoms with Gasteiger partial charge in [0.15, 0.2) is 5.17 Å². The molecule has 2 rings (SSSR count). The van der Waals surface area contributed by atoms with Gasteiger partial charge in [-0.25, -0.2) is 4.39 Å². The summed E-state index contributed by atoms with van der Waals surface area (Å²) in [7, 11) is 0. The SMILES string of the molecule is CCOC(=O)CC1CSC(Nc2ccccc2F)=N1. The predicted molar refractivity (Wildman–Crippen MR) is 75.0 cm³/mol. The maximum absolute atomic E-state index is 13.4. The molecule has 0 saturated carbocycles. The summed E-state index contributed by atoms with van der Waals surface area (Å²) in [5, 5.41) is 3.57. The van der Waals surface area contributed by atoms with Crippen molar-refractivity contribution in [3.8, 4) is 0 Å². The van der Waals surface area contributed by atoms with E-state index >= 15 is 0 Å². The summed E-state index contributed by atoms with van der Waals surface area (Å²) in [5.74, 6) is 0.138. The van der Waals surface area contributed by atoms with Gasteiger partial charge in [-0.3, -0.25) is 9.79 Å². The van der Waals surface area contributed by atoms with E-state index in [4.69, 9.17) is 4.74 Å². The van der Waals surface area contributed by atoms with Crippen molar-refractivity contribution in [2.24, 2.45) is 4.99 Å². The number of esters is 1. The van der Waals surface area contributed by atoms with Crippen molar-refractivity contribution < 1.29 is 13.9 Å². The predicted octanol–water partition coefficient (Wildman–Crippen LogP) is 2.66. The van der Waals surface area contributed by atoms with Gasteiger partial charge in [-0.05, 0) is 19.1 Å². The molecule has 1 aromatic rings. The molecule has 6 heteroatoms. The van der Waals surface area contributed by atoms with Gasteiger partial charge in [0.05, 0.1) is 24.8 Å². The lowest BCUT2D eigenvalue weighted by atomic mass is 10.2. The van der Waals surface area contributed by atoms with Crippen LogP contribution in [0.4, 0.5) is 10.1 Å². The first-order valence-electron chi connectivity index (χ1n) is 6.07. The Balaban J connectivity index is 1.92. The van der Waals surface area contributed by atoms with E-state index < -0.39 is 0 Å². The molecule has 102 valence electrons. The Morgan fingerprint density at radius 3 is 3.11 bits per heavy atom. The first-order valence-corrected chi connectivity index (χ1v) is 7.05. The van der Waals surface area contributed by atoms with E-state index in [0.717, 1.165) is 0 Å². The van der Waals surface area contributed by atoms with E-state index in [9.17, 15) is 9.18 Å². The van der Waals surface area contributed by atoms with E-state index in [1.165, 1.54) is 17.8 Å². The minimum Gasteiger partial charge on any atom is -0.466 e. The van der Waals surface area contributed by atoms with Gasteiger partial charge in [0, 0.05) is 5.75 Å². The summed E-state index contributed by atoms with van der Waals surface area (Å²) in [6, 6.07) is 6.32. The molecule has 0 fully saturated rings. The summed E-state index contributed by atoms with van der Waals surface area (Å²) in [6.45, 7) is 2.15. The van der Waals surface area contributed by atoms with E-state index in [0.29, 0.717) is 23.2 Å². The van der Waals surface area contributed by atoms with E-state index in [1.807, 2.05) is 0 Å². The molecule has 1 atom stereocenters. The Bertz CT molecular complexity index is 493. The number of ether oxygens (including phenoxy) is 1. The molecule has 0 radical (unpaired) electrons. The normalized spacial score (nSPS) is 18.0. The van der Waals surface area contributed by atoms with Gasteiger partial charge in [-0.2, -0.15) is 0 Å². The number of anilines is 1. The van der Waals surface area contributed by atoms with Crippen molar-refractivity contribution in [1.29, 1.82) is 0 Å². The highest BCUT2D eigenvalue weighted by atomic mass is 32.2. The number of thioether (sulfide) groups is 1. The third kappa shape index (κ3) is 3.96. The highest BCUT2D eigenvalue weighted by Crippen LogP contribution is 2.23. The standard InChI is InChI=1S/C13H15FN2O2S/c1-2-18-12(17)7-9-8-19-13(15-9)16-11-6-4-3-5-10(11)14/h3-6,9H,2,7-8H2,1H3,(H,15,16). The van der Waals surface area contributed by atoms with Gasteiger partial charge in [-0.1, -0.05) is 23.9 Å². The van der Waals surface area contributed by atoms with Gasteiger partial charge < -0.3 is 10.1 Å². The molecule has 19 heavy (non-hydrogen) atoms. The first-order chi connectivity index (χ1) is 9.19. The van der Waals surface area contributed by atoms with Crippen LogP contribution in [0.1, 0.15) is 13.3 Å². The number of hydrogen-bond acceptors (Lipinski definition) is 5. The number of rotatable bonds is 4. The van der Waals surface area contributed by atoms with Gasteiger partial charge in [0.1, 0.15) is 5.82 Å². The zero-order valence-electron chi connectivity index (χ0n) is 10.6. The third-order valence-electron chi connectivity index (χ3n) is 2.54. The number of carbonyl (C=O) groups is 1. The number of hydrogen-bond donors (Lipinski definition) is 1. The number of carbonyl (C=O) groups excluding carboxylic acids is 1. The minimum atomic E-state index is -0.320. The van der Waals surface area contributed by atoms with Crippen molar-refractivity contribution in [1.82, 2.24) is 0 Å². The second-order valence-corrected chi connectivity index (χ2v) is 5.02. The molecule has 0 aromatic heterocycles. The van der Waals surface area contributed by atoms with Crippen LogP contribution in [0, 0.1) is 5.82 Å². The zero-order valence-corrected chi connectivity index (χ0v) is 11.4. The van der Waals surface area contributed by atoms with Crippen LogP contribution < -0.4 is 5.32 Å². The van der Waals surface area contributed by atoms with E-state index in [2.05, 4.69) is 10.3 Å². The lowest BCUT2D eigenvalue weighted by Crippen LogP contribution is -2.14. The van der Waals surface area contributed by atoms with Crippen molar-refractivity contribution in [3.63, 3.8) is 0 Å². The van der Waals surface area contributed by atoms with E-state index in [1.54, 1.807) is 25.1 Å². The number of nitrogens with zero attached hydrogens (tertiary/aromatic N) is 1. The maximum atomic E-state index is 13.4. The highest BCUT2D eigenvalue weighted by Gasteiger charge is 2.22. The Hall–Kier alpha value is -1.56. The summed E-state index contributed by atoms with van der Waals surface area (Å²) in [6.07, 6.45) is 0.267. The number of nitrogens with one attached hydrogen (secondary N) is 1. The van der Waals surface area contributed by atoms with Crippen molar-refractivity contribution in [3.05, 3.63) is 30.1 Å². The highest BCUT2D eigenvalue weighted by molar-refractivity contribution is 8.14. The molecule has 1 aliphatic heterocycles. The van der Waals surface area contributed by atoms with Crippen molar-refractivity contribution in [2.45, 2.75) is 19.4 Å². The Morgan fingerprint density at radius 1 is 1.58 bits per heavy atom. The molecule has 1 unspecified atom stereocenters. The molecule has 1 N–H and O–H groups in total. The summed E-state index contributed by atoms with van der Waals surface area (Å²) >= 11 is 1.48. The molecule has 1 aliphatic rings. The van der Waals surface area contributed by atoms with Crippen LogP contribution in [0.2, 0.25) is 0 Å². The summed E-state index contributed by atoms with van der Waals surface area (Å²) < 4.78 is 18.3. The molecule has 0 bridgehead atoms. The van der Waals surface area contributed by atoms with Crippen LogP contribution in [0.3, 0.4) is 0 Å². The fourth-order valence-corrected chi connectivity index (χ4v) is 2.63. The second kappa shape index (κ2) is 6.56. The molecule has 0 saturated heterocycles. The number of amidine groups is 1. The maximum Gasteiger partial charge on any atom is 0.307 e. The number of aliphatic imine (C=N–C) groups is 1. The quantitative estimate of drug-likeness (QED) is 0.863. The van der Waals surface area contributed by atoms with Gasteiger partial charge >= 0.3 is 5.97 Å². The molecular weight excluding hydrogens is 267 g/mol. The molecule has 0 aliphatic carbocycles. The zero-order chi connectivity index (χ0) is 13.7. The van der Waals surface area contributed by atoms with Gasteiger partial charge in [0.2, 0.25) is 0 Å². The van der Waals surface area contributed by atoms with Crippen LogP contribution >= 0.6 is 11.8 Å². The Labute approximate surface area is 115 Å². The lowest BCUT2D eigenvalue weighted by molar-refractivity contribution is -0.143. The van der Waals surface area contributed by atoms with E-state index in [-0.39, 0.29) is 24.2 Å². The largest absolute Gasteiger partial charge is 0.466 e. The third-order valence-corrected chi connectivity index (χ3v) is 3.57. The molecule has 1 aromatic carbocycles. The number of para-hydroxylation sites is 1. The topological polar surface area (TPSA) is 50.7 Å². The Morgan fingerprint density at radius 2 is 2.37 bits per heavy atom. The smallest absolute Gasteiger partial charge is 0.307 e. The van der Waals surface area contributed by atoms with Crippen LogP contribution in [0.15, 0.2) is 29.3 Å². The van der Waals surface area contributed by atoms with Crippen molar-refractivity contribution >= 4 is 28.6 Å². The monoisotopic (exact) mass is 282 g/mol. The molecular formula is C13H15FN2O2S. The first kappa shape index (κ1) is 13.9. The summed E-state index contributed by atoms with van der Waals surface area (Å²) in [5.41, 5.74) is 0.394. The molecule has 0 amide bonds. The van der Waals surface area contributed by atoms with Gasteiger partial charge in [0.25, 0.3) is 0 Å².